The fourth-order valence-electron chi connectivity index (χ4n) is 3.23. The first-order valence-electron chi connectivity index (χ1n) is 10.4. The predicted octanol–water partition coefficient (Wildman–Crippen LogP) is 4.76. The van der Waals surface area contributed by atoms with Crippen LogP contribution in [-0.2, 0) is 6.54 Å². The molecule has 3 amide bonds. The molecule has 0 aliphatic carbocycles. The van der Waals surface area contributed by atoms with Gasteiger partial charge in [0.2, 0.25) is 0 Å². The first-order valence-corrected chi connectivity index (χ1v) is 11.2. The number of rotatable bonds is 7. The molecule has 0 radical (unpaired) electrons. The quantitative estimate of drug-likeness (QED) is 0.546. The zero-order valence-electron chi connectivity index (χ0n) is 18.6. The number of benzene rings is 2. The lowest BCUT2D eigenvalue weighted by molar-refractivity contribution is 0.0786. The highest BCUT2D eigenvalue weighted by Gasteiger charge is 2.19. The molecule has 166 valence electrons. The van der Waals surface area contributed by atoms with Crippen molar-refractivity contribution in [1.29, 1.82) is 0 Å². The molecule has 7 heteroatoms. The molecular formula is C25H27N3O3S. The van der Waals surface area contributed by atoms with Gasteiger partial charge in [0.1, 0.15) is 5.00 Å². The molecule has 0 saturated carbocycles. The fraction of sp³-hybridized carbons (Fsp3) is 0.240. The van der Waals surface area contributed by atoms with Gasteiger partial charge in [-0.25, -0.2) is 0 Å². The number of nitrogens with one attached hydrogen (secondary N) is 2. The molecule has 0 bridgehead atoms. The third kappa shape index (κ3) is 5.42. The topological polar surface area (TPSA) is 78.5 Å². The third-order valence-corrected chi connectivity index (χ3v) is 6.00. The van der Waals surface area contributed by atoms with E-state index in [9.17, 15) is 14.4 Å². The van der Waals surface area contributed by atoms with Crippen LogP contribution in [0.15, 0.2) is 60.0 Å². The van der Waals surface area contributed by atoms with Crippen molar-refractivity contribution < 1.29 is 14.4 Å². The average Bonchev–Trinajstić information content (AvgIpc) is 3.26. The van der Waals surface area contributed by atoms with Gasteiger partial charge in [-0.05, 0) is 52.8 Å². The van der Waals surface area contributed by atoms with Crippen LogP contribution in [0.2, 0.25) is 0 Å². The summed E-state index contributed by atoms with van der Waals surface area (Å²) in [5, 5.41) is 7.76. The summed E-state index contributed by atoms with van der Waals surface area (Å²) < 4.78 is 0. The van der Waals surface area contributed by atoms with Crippen molar-refractivity contribution in [2.24, 2.45) is 0 Å². The molecule has 2 aromatic carbocycles. The fourth-order valence-corrected chi connectivity index (χ4v) is 4.00. The number of carbonyl (C=O) groups excluding carboxylic acids is 3. The molecule has 0 unspecified atom stereocenters. The summed E-state index contributed by atoms with van der Waals surface area (Å²) in [5.74, 6) is -0.195. The Balaban J connectivity index is 1.67. The maximum atomic E-state index is 13.0. The molecule has 0 atom stereocenters. The van der Waals surface area contributed by atoms with Gasteiger partial charge in [-0.3, -0.25) is 14.4 Å². The Hall–Kier alpha value is -3.45. The maximum Gasteiger partial charge on any atom is 0.256 e. The van der Waals surface area contributed by atoms with Crippen LogP contribution in [0, 0.1) is 0 Å². The molecular weight excluding hydrogens is 422 g/mol. The summed E-state index contributed by atoms with van der Waals surface area (Å²) in [5.41, 5.74) is 3.63. The highest BCUT2D eigenvalue weighted by atomic mass is 32.1. The Labute approximate surface area is 192 Å². The van der Waals surface area contributed by atoms with E-state index in [-0.39, 0.29) is 17.7 Å². The SMILES string of the molecule is CNC(=O)c1ccc(CN(C)C(=O)c2ccsc2NC(=O)c2ccc(C(C)C)cc2)cc1. The van der Waals surface area contributed by atoms with Crippen molar-refractivity contribution in [1.82, 2.24) is 10.2 Å². The monoisotopic (exact) mass is 449 g/mol. The molecule has 3 rings (SSSR count). The van der Waals surface area contributed by atoms with E-state index in [0.717, 1.165) is 5.56 Å². The Morgan fingerprint density at radius 2 is 1.50 bits per heavy atom. The molecule has 0 fully saturated rings. The van der Waals surface area contributed by atoms with Crippen LogP contribution in [0.4, 0.5) is 5.00 Å². The third-order valence-electron chi connectivity index (χ3n) is 5.17. The number of anilines is 1. The molecule has 1 heterocycles. The van der Waals surface area contributed by atoms with Crippen molar-refractivity contribution in [3.05, 3.63) is 87.8 Å². The molecule has 0 spiro atoms. The minimum atomic E-state index is -0.246. The largest absolute Gasteiger partial charge is 0.355 e. The molecule has 32 heavy (non-hydrogen) atoms. The Bertz CT molecular complexity index is 1100. The molecule has 0 aliphatic heterocycles. The number of thiophene rings is 1. The first kappa shape index (κ1) is 23.2. The van der Waals surface area contributed by atoms with Crippen LogP contribution in [0.25, 0.3) is 0 Å². The first-order chi connectivity index (χ1) is 15.3. The summed E-state index contributed by atoms with van der Waals surface area (Å²) in [7, 11) is 3.30. The van der Waals surface area contributed by atoms with Gasteiger partial charge in [0.05, 0.1) is 5.56 Å². The van der Waals surface area contributed by atoms with E-state index in [0.29, 0.717) is 34.2 Å². The van der Waals surface area contributed by atoms with E-state index >= 15 is 0 Å². The standard InChI is InChI=1S/C25H27N3O3S/c1-16(2)18-9-11-20(12-10-18)23(30)27-24-21(13-14-32-24)25(31)28(4)15-17-5-7-19(8-6-17)22(29)26-3/h5-14,16H,15H2,1-4H3,(H,26,29)(H,27,30). The van der Waals surface area contributed by atoms with E-state index in [4.69, 9.17) is 0 Å². The summed E-state index contributed by atoms with van der Waals surface area (Å²) in [6, 6.07) is 16.3. The van der Waals surface area contributed by atoms with Crippen LogP contribution in [-0.4, -0.2) is 36.7 Å². The smallest absolute Gasteiger partial charge is 0.256 e. The molecule has 0 saturated heterocycles. The minimum absolute atomic E-state index is 0.154. The van der Waals surface area contributed by atoms with Crippen molar-refractivity contribution in [2.75, 3.05) is 19.4 Å². The number of amides is 3. The van der Waals surface area contributed by atoms with Gasteiger partial charge in [-0.1, -0.05) is 38.1 Å². The Kier molecular flexibility index (Phi) is 7.43. The summed E-state index contributed by atoms with van der Waals surface area (Å²) in [6.45, 7) is 4.59. The van der Waals surface area contributed by atoms with Gasteiger partial charge in [0.15, 0.2) is 0 Å². The van der Waals surface area contributed by atoms with Crippen LogP contribution in [0.1, 0.15) is 62.0 Å². The van der Waals surface area contributed by atoms with Crippen molar-refractivity contribution in [2.45, 2.75) is 26.3 Å². The Morgan fingerprint density at radius 3 is 2.09 bits per heavy atom. The highest BCUT2D eigenvalue weighted by Crippen LogP contribution is 2.26. The highest BCUT2D eigenvalue weighted by molar-refractivity contribution is 7.14. The lowest BCUT2D eigenvalue weighted by Gasteiger charge is -2.18. The van der Waals surface area contributed by atoms with E-state index in [1.165, 1.54) is 16.9 Å². The Morgan fingerprint density at radius 1 is 0.906 bits per heavy atom. The van der Waals surface area contributed by atoms with Crippen LogP contribution >= 0.6 is 11.3 Å². The maximum absolute atomic E-state index is 13.0. The number of hydrogen-bond acceptors (Lipinski definition) is 4. The van der Waals surface area contributed by atoms with Gasteiger partial charge in [-0.15, -0.1) is 11.3 Å². The zero-order chi connectivity index (χ0) is 23.3. The summed E-state index contributed by atoms with van der Waals surface area (Å²) >= 11 is 1.32. The van der Waals surface area contributed by atoms with E-state index < -0.39 is 0 Å². The summed E-state index contributed by atoms with van der Waals surface area (Å²) in [4.78, 5) is 38.9. The lowest BCUT2D eigenvalue weighted by atomic mass is 10.0. The summed E-state index contributed by atoms with van der Waals surface area (Å²) in [6.07, 6.45) is 0. The van der Waals surface area contributed by atoms with Crippen molar-refractivity contribution >= 4 is 34.1 Å². The molecule has 1 aromatic heterocycles. The molecule has 2 N–H and O–H groups in total. The van der Waals surface area contributed by atoms with Gasteiger partial charge >= 0.3 is 0 Å². The normalized spacial score (nSPS) is 10.7. The molecule has 3 aromatic rings. The number of carbonyl (C=O) groups is 3. The van der Waals surface area contributed by atoms with Crippen molar-refractivity contribution in [3.63, 3.8) is 0 Å². The number of nitrogens with zero attached hydrogens (tertiary/aromatic N) is 1. The van der Waals surface area contributed by atoms with Gasteiger partial charge in [0, 0.05) is 31.8 Å². The second-order valence-electron chi connectivity index (χ2n) is 7.83. The van der Waals surface area contributed by atoms with Gasteiger partial charge in [-0.2, -0.15) is 0 Å². The molecule has 0 aliphatic rings. The van der Waals surface area contributed by atoms with Crippen LogP contribution < -0.4 is 10.6 Å². The van der Waals surface area contributed by atoms with E-state index in [1.54, 1.807) is 54.7 Å². The van der Waals surface area contributed by atoms with Gasteiger partial charge in [0.25, 0.3) is 17.7 Å². The number of hydrogen-bond donors (Lipinski definition) is 2. The molecule has 6 nitrogen and oxygen atoms in total. The second kappa shape index (κ2) is 10.2. The minimum Gasteiger partial charge on any atom is -0.355 e. The second-order valence-corrected chi connectivity index (χ2v) is 8.75. The zero-order valence-corrected chi connectivity index (χ0v) is 19.5. The van der Waals surface area contributed by atoms with Crippen molar-refractivity contribution in [3.8, 4) is 0 Å². The van der Waals surface area contributed by atoms with E-state index in [2.05, 4.69) is 24.5 Å². The van der Waals surface area contributed by atoms with Crippen LogP contribution in [0.3, 0.4) is 0 Å². The predicted molar refractivity (Wildman–Crippen MR) is 128 cm³/mol. The van der Waals surface area contributed by atoms with E-state index in [1.807, 2.05) is 24.3 Å². The van der Waals surface area contributed by atoms with Gasteiger partial charge < -0.3 is 15.5 Å². The lowest BCUT2D eigenvalue weighted by Crippen LogP contribution is -2.27. The van der Waals surface area contributed by atoms with Crippen LogP contribution in [0.5, 0.6) is 0 Å². The average molecular weight is 450 g/mol.